The van der Waals surface area contributed by atoms with Crippen molar-refractivity contribution < 1.29 is 53.4 Å². The number of rotatable bonds is 8. The molecule has 252 valence electrons. The summed E-state index contributed by atoms with van der Waals surface area (Å²) >= 11 is 0. The van der Waals surface area contributed by atoms with Gasteiger partial charge in [-0.1, -0.05) is 12.0 Å². The largest absolute Gasteiger partial charge is 0.458 e. The predicted molar refractivity (Wildman–Crippen MR) is 154 cm³/mol. The molecule has 47 heavy (non-hydrogen) atoms. The van der Waals surface area contributed by atoms with Crippen molar-refractivity contribution in [2.24, 2.45) is 11.8 Å². The number of benzene rings is 3. The van der Waals surface area contributed by atoms with Crippen molar-refractivity contribution in [3.05, 3.63) is 88.8 Å². The second-order valence-electron chi connectivity index (χ2n) is 12.1. The summed E-state index contributed by atoms with van der Waals surface area (Å²) in [7, 11) is 0. The molecule has 12 heteroatoms. The molecule has 2 aliphatic rings. The number of alkyl halides is 5. The van der Waals surface area contributed by atoms with Gasteiger partial charge in [-0.3, -0.25) is 0 Å². The van der Waals surface area contributed by atoms with Crippen LogP contribution in [-0.2, 0) is 10.8 Å². The minimum atomic E-state index is -5.10. The van der Waals surface area contributed by atoms with Crippen LogP contribution in [0.4, 0.5) is 43.9 Å². The highest BCUT2D eigenvalue weighted by Gasteiger charge is 2.42. The van der Waals surface area contributed by atoms with Crippen molar-refractivity contribution in [3.63, 3.8) is 0 Å². The molecule has 2 unspecified atom stereocenters. The lowest BCUT2D eigenvalue weighted by Crippen LogP contribution is -2.34. The third-order valence-electron chi connectivity index (χ3n) is 8.94. The van der Waals surface area contributed by atoms with E-state index in [4.69, 9.17) is 4.74 Å². The molecule has 1 saturated carbocycles. The number of hydrogen-bond acceptors (Lipinski definition) is 2. The Labute approximate surface area is 264 Å². The summed E-state index contributed by atoms with van der Waals surface area (Å²) < 4.78 is 152. The molecule has 1 saturated heterocycles. The molecule has 0 amide bonds. The first-order valence-electron chi connectivity index (χ1n) is 15.2. The molecule has 3 aromatic rings. The first-order valence-corrected chi connectivity index (χ1v) is 15.2. The van der Waals surface area contributed by atoms with Gasteiger partial charge in [0.25, 0.3) is 0 Å². The highest BCUT2D eigenvalue weighted by molar-refractivity contribution is 5.87. The van der Waals surface area contributed by atoms with Gasteiger partial charge in [-0.2, -0.15) is 22.0 Å². The summed E-state index contributed by atoms with van der Waals surface area (Å²) in [6.07, 6.45) is -1.14. The van der Waals surface area contributed by atoms with Crippen LogP contribution in [0.1, 0.15) is 74.0 Å². The molecule has 0 spiro atoms. The average molecular weight is 673 g/mol. The van der Waals surface area contributed by atoms with E-state index in [-0.39, 0.29) is 23.7 Å². The zero-order valence-electron chi connectivity index (χ0n) is 24.9. The van der Waals surface area contributed by atoms with Crippen molar-refractivity contribution >= 4 is 10.8 Å². The Hall–Kier alpha value is -3.72. The van der Waals surface area contributed by atoms with E-state index in [1.54, 1.807) is 0 Å². The molecule has 1 aliphatic carbocycles. The van der Waals surface area contributed by atoms with Gasteiger partial charge >= 0.3 is 12.3 Å². The van der Waals surface area contributed by atoms with Crippen molar-refractivity contribution in [2.75, 3.05) is 6.61 Å². The Morgan fingerprint density at radius 2 is 1.51 bits per heavy atom. The number of halogens is 10. The summed E-state index contributed by atoms with van der Waals surface area (Å²) in [6.45, 7) is 4.44. The number of ether oxygens (including phenoxy) is 2. The fourth-order valence-corrected chi connectivity index (χ4v) is 6.60. The van der Waals surface area contributed by atoms with Crippen LogP contribution in [0.3, 0.4) is 0 Å². The molecule has 2 fully saturated rings. The first-order chi connectivity index (χ1) is 22.2. The molecule has 0 aromatic heterocycles. The maximum atomic E-state index is 15.1. The second kappa shape index (κ2) is 13.8. The molecular weight excluding hydrogens is 642 g/mol. The SMILES string of the molecule is C=CCCC1CCC(C2CCC(c3cc(F)c(C(F)(F)Oc4cc(F)c5c(F)c(C#CC(F)(F)F)c(F)cc5c4)c(F)c3)CC2)OC1. The Morgan fingerprint density at radius 1 is 0.830 bits per heavy atom. The van der Waals surface area contributed by atoms with Gasteiger partial charge in [-0.05, 0) is 104 Å². The Kier molecular flexibility index (Phi) is 10.2. The number of hydrogen-bond donors (Lipinski definition) is 0. The van der Waals surface area contributed by atoms with Crippen LogP contribution in [0.15, 0.2) is 43.0 Å². The van der Waals surface area contributed by atoms with Gasteiger partial charge in [0.2, 0.25) is 0 Å². The predicted octanol–water partition coefficient (Wildman–Crippen LogP) is 10.6. The lowest BCUT2D eigenvalue weighted by Gasteiger charge is -2.38. The van der Waals surface area contributed by atoms with E-state index >= 15 is 17.6 Å². The highest BCUT2D eigenvalue weighted by atomic mass is 19.4. The van der Waals surface area contributed by atoms with Gasteiger partial charge in [0, 0.05) is 18.6 Å². The molecule has 3 aromatic carbocycles. The average Bonchev–Trinajstić information content (AvgIpc) is 2.98. The fraction of sp³-hybridized carbons (Fsp3) is 0.429. The molecule has 0 radical (unpaired) electrons. The van der Waals surface area contributed by atoms with Crippen molar-refractivity contribution in [3.8, 4) is 17.6 Å². The van der Waals surface area contributed by atoms with E-state index in [1.165, 1.54) is 5.92 Å². The number of fused-ring (bicyclic) bond motifs is 1. The monoisotopic (exact) mass is 672 g/mol. The van der Waals surface area contributed by atoms with Crippen LogP contribution >= 0.6 is 0 Å². The minimum absolute atomic E-state index is 0.112. The Balaban J connectivity index is 1.29. The third-order valence-corrected chi connectivity index (χ3v) is 8.94. The maximum absolute atomic E-state index is 15.1. The standard InChI is InChI=1S/C35H30F10O2/c1-2-3-4-19-5-10-30(46-18-19)21-8-6-20(7-9-21)22-14-28(38)32(29(39)15-22)35(44,45)47-24-13-23-16-26(36)25(11-12-34(41,42)43)33(40)31(23)27(37)17-24/h2,13-17,19-21,30H,1,3-10,18H2. The third kappa shape index (κ3) is 7.88. The zero-order valence-corrected chi connectivity index (χ0v) is 24.9. The molecule has 2 nitrogen and oxygen atoms in total. The topological polar surface area (TPSA) is 18.5 Å². The van der Waals surface area contributed by atoms with E-state index in [1.807, 2.05) is 6.08 Å². The Morgan fingerprint density at radius 3 is 2.11 bits per heavy atom. The minimum Gasteiger partial charge on any atom is -0.429 e. The van der Waals surface area contributed by atoms with Crippen LogP contribution in [0, 0.1) is 52.8 Å². The molecule has 0 N–H and O–H groups in total. The molecule has 1 aliphatic heterocycles. The van der Waals surface area contributed by atoms with Crippen molar-refractivity contribution in [2.45, 2.75) is 75.7 Å². The van der Waals surface area contributed by atoms with Crippen LogP contribution < -0.4 is 4.74 Å². The lowest BCUT2D eigenvalue weighted by atomic mass is 9.75. The van der Waals surface area contributed by atoms with Crippen LogP contribution in [0.5, 0.6) is 5.75 Å². The quantitative estimate of drug-likeness (QED) is 0.135. The molecule has 0 bridgehead atoms. The number of allylic oxidation sites excluding steroid dienone is 1. The van der Waals surface area contributed by atoms with Crippen LogP contribution in [-0.4, -0.2) is 18.9 Å². The second-order valence-corrected chi connectivity index (χ2v) is 12.1. The fourth-order valence-electron chi connectivity index (χ4n) is 6.60. The summed E-state index contributed by atoms with van der Waals surface area (Å²) in [5, 5.41) is -1.76. The van der Waals surface area contributed by atoms with E-state index in [2.05, 4.69) is 11.3 Å². The van der Waals surface area contributed by atoms with Crippen LogP contribution in [0.25, 0.3) is 10.8 Å². The van der Waals surface area contributed by atoms with Gasteiger partial charge in [0.15, 0.2) is 5.82 Å². The molecule has 1 heterocycles. The molecular formula is C35H30F10O2. The van der Waals surface area contributed by atoms with Gasteiger partial charge < -0.3 is 9.47 Å². The van der Waals surface area contributed by atoms with E-state index in [0.29, 0.717) is 49.3 Å². The van der Waals surface area contributed by atoms with E-state index in [0.717, 1.165) is 50.7 Å². The van der Waals surface area contributed by atoms with E-state index < -0.39 is 69.0 Å². The van der Waals surface area contributed by atoms with Crippen molar-refractivity contribution in [1.82, 2.24) is 0 Å². The lowest BCUT2D eigenvalue weighted by molar-refractivity contribution is -0.189. The summed E-state index contributed by atoms with van der Waals surface area (Å²) in [4.78, 5) is 0. The summed E-state index contributed by atoms with van der Waals surface area (Å²) in [5.41, 5.74) is -2.92. The molecule has 5 rings (SSSR count). The van der Waals surface area contributed by atoms with Gasteiger partial charge in [0.05, 0.1) is 17.1 Å². The van der Waals surface area contributed by atoms with Crippen LogP contribution in [0.2, 0.25) is 0 Å². The first kappa shape index (κ1) is 34.6. The maximum Gasteiger partial charge on any atom is 0.458 e. The summed E-state index contributed by atoms with van der Waals surface area (Å²) in [5.74, 6) is -6.85. The van der Waals surface area contributed by atoms with Crippen molar-refractivity contribution in [1.29, 1.82) is 0 Å². The smallest absolute Gasteiger partial charge is 0.429 e. The van der Waals surface area contributed by atoms with Gasteiger partial charge in [-0.25, -0.2) is 22.0 Å². The van der Waals surface area contributed by atoms with E-state index in [9.17, 15) is 26.3 Å². The van der Waals surface area contributed by atoms with Gasteiger partial charge in [0.1, 0.15) is 34.6 Å². The van der Waals surface area contributed by atoms with Gasteiger partial charge in [-0.15, -0.1) is 6.58 Å². The Bertz CT molecular complexity index is 1670. The zero-order chi connectivity index (χ0) is 34.1. The highest BCUT2D eigenvalue weighted by Crippen LogP contribution is 2.43. The summed E-state index contributed by atoms with van der Waals surface area (Å²) in [6, 6.07) is 2.80. The normalized spacial score (nSPS) is 22.1. The molecule has 2 atom stereocenters.